The van der Waals surface area contributed by atoms with E-state index in [0.717, 1.165) is 0 Å². The zero-order chi connectivity index (χ0) is 15.4. The third kappa shape index (κ3) is 3.49. The Hall–Kier alpha value is -2.15. The van der Waals surface area contributed by atoms with E-state index in [2.05, 4.69) is 0 Å². The number of ether oxygens (including phenoxy) is 1. The highest BCUT2D eigenvalue weighted by molar-refractivity contribution is 5.95. The molecule has 1 aromatic rings. The summed E-state index contributed by atoms with van der Waals surface area (Å²) in [5.74, 6) is -0.0961. The Morgan fingerprint density at radius 2 is 2.14 bits per heavy atom. The highest BCUT2D eigenvalue weighted by atomic mass is 16.6. The van der Waals surface area contributed by atoms with Crippen molar-refractivity contribution >= 4 is 11.6 Å². The van der Waals surface area contributed by atoms with E-state index < -0.39 is 4.92 Å². The number of aliphatic hydroxyl groups is 1. The largest absolute Gasteiger partial charge is 0.487 e. The van der Waals surface area contributed by atoms with Gasteiger partial charge in [-0.1, -0.05) is 0 Å². The van der Waals surface area contributed by atoms with Gasteiger partial charge in [-0.05, 0) is 31.9 Å². The topological polar surface area (TPSA) is 92.9 Å². The molecule has 0 bridgehead atoms. The molecule has 1 fully saturated rings. The zero-order valence-electron chi connectivity index (χ0n) is 11.8. The maximum absolute atomic E-state index is 12.3. The van der Waals surface area contributed by atoms with Crippen molar-refractivity contribution in [1.29, 1.82) is 0 Å². The number of piperidine rings is 1. The zero-order valence-corrected chi connectivity index (χ0v) is 11.8. The summed E-state index contributed by atoms with van der Waals surface area (Å²) < 4.78 is 5.19. The van der Waals surface area contributed by atoms with Crippen molar-refractivity contribution < 1.29 is 19.6 Å². The van der Waals surface area contributed by atoms with E-state index in [9.17, 15) is 20.0 Å². The lowest BCUT2D eigenvalue weighted by atomic mass is 10.1. The number of hydrogen-bond acceptors (Lipinski definition) is 5. The van der Waals surface area contributed by atoms with Crippen LogP contribution in [0.15, 0.2) is 18.2 Å². The van der Waals surface area contributed by atoms with Crippen LogP contribution in [0.25, 0.3) is 0 Å². The first-order chi connectivity index (χ1) is 10.0. The summed E-state index contributed by atoms with van der Waals surface area (Å²) in [7, 11) is 0. The summed E-state index contributed by atoms with van der Waals surface area (Å²) in [6, 6.07) is 4.23. The van der Waals surface area contributed by atoms with Crippen LogP contribution in [0, 0.1) is 10.1 Å². The molecule has 0 radical (unpaired) electrons. The second kappa shape index (κ2) is 6.53. The van der Waals surface area contributed by atoms with Gasteiger partial charge < -0.3 is 14.7 Å². The highest BCUT2D eigenvalue weighted by Crippen LogP contribution is 2.28. The molecule has 114 valence electrons. The minimum atomic E-state index is -0.554. The van der Waals surface area contributed by atoms with E-state index in [-0.39, 0.29) is 29.0 Å². The van der Waals surface area contributed by atoms with E-state index in [1.165, 1.54) is 18.2 Å². The highest BCUT2D eigenvalue weighted by Gasteiger charge is 2.25. The van der Waals surface area contributed by atoms with E-state index in [1.54, 1.807) is 11.8 Å². The van der Waals surface area contributed by atoms with Crippen LogP contribution in [0.4, 0.5) is 5.69 Å². The van der Waals surface area contributed by atoms with Crippen LogP contribution in [0.1, 0.15) is 30.1 Å². The van der Waals surface area contributed by atoms with Crippen LogP contribution in [-0.4, -0.2) is 46.6 Å². The van der Waals surface area contributed by atoms with E-state index in [0.29, 0.717) is 32.5 Å². The number of nitro benzene ring substituents is 1. The SMILES string of the molecule is CCOc1ccc(C(=O)N2CCC(O)CC2)cc1[N+](=O)[O-]. The fraction of sp³-hybridized carbons (Fsp3) is 0.500. The summed E-state index contributed by atoms with van der Waals surface area (Å²) in [6.07, 6.45) is 0.694. The smallest absolute Gasteiger partial charge is 0.311 e. The molecule has 0 aromatic heterocycles. The molecule has 7 heteroatoms. The average Bonchev–Trinajstić information content (AvgIpc) is 2.48. The number of nitrogens with zero attached hydrogens (tertiary/aromatic N) is 2. The standard InChI is InChI=1S/C14H18N2O5/c1-2-21-13-4-3-10(9-12(13)16(19)20)14(18)15-7-5-11(17)6-8-15/h3-4,9,11,17H,2,5-8H2,1H3. The minimum Gasteiger partial charge on any atom is -0.487 e. The summed E-state index contributed by atoms with van der Waals surface area (Å²) in [5, 5.41) is 20.5. The van der Waals surface area contributed by atoms with E-state index in [4.69, 9.17) is 4.74 Å². The number of likely N-dealkylation sites (tertiary alicyclic amines) is 1. The number of benzene rings is 1. The summed E-state index contributed by atoms with van der Waals surface area (Å²) in [5.41, 5.74) is 0.0567. The quantitative estimate of drug-likeness (QED) is 0.672. The van der Waals surface area contributed by atoms with Gasteiger partial charge in [-0.15, -0.1) is 0 Å². The fourth-order valence-electron chi connectivity index (χ4n) is 2.32. The van der Waals surface area contributed by atoms with Crippen molar-refractivity contribution in [2.24, 2.45) is 0 Å². The number of carbonyl (C=O) groups is 1. The van der Waals surface area contributed by atoms with Gasteiger partial charge in [0.25, 0.3) is 5.91 Å². The molecule has 1 amide bonds. The Bertz CT molecular complexity index is 538. The van der Waals surface area contributed by atoms with Crippen LogP contribution < -0.4 is 4.74 Å². The first-order valence-corrected chi connectivity index (χ1v) is 6.91. The van der Waals surface area contributed by atoms with Gasteiger partial charge in [-0.25, -0.2) is 0 Å². The number of hydrogen-bond donors (Lipinski definition) is 1. The molecule has 1 aliphatic heterocycles. The Balaban J connectivity index is 2.21. The van der Waals surface area contributed by atoms with Gasteiger partial charge in [-0.3, -0.25) is 14.9 Å². The molecule has 7 nitrogen and oxygen atoms in total. The summed E-state index contributed by atoms with van der Waals surface area (Å²) in [4.78, 5) is 24.4. The van der Waals surface area contributed by atoms with Gasteiger partial charge in [0, 0.05) is 24.7 Å². The molecule has 21 heavy (non-hydrogen) atoms. The molecule has 1 heterocycles. The van der Waals surface area contributed by atoms with Crippen LogP contribution in [0.5, 0.6) is 5.75 Å². The molecule has 1 aliphatic rings. The van der Waals surface area contributed by atoms with Gasteiger partial charge in [0.2, 0.25) is 0 Å². The summed E-state index contributed by atoms with van der Waals surface area (Å²) in [6.45, 7) is 2.97. The maximum Gasteiger partial charge on any atom is 0.311 e. The van der Waals surface area contributed by atoms with Crippen LogP contribution in [0.2, 0.25) is 0 Å². The normalized spacial score (nSPS) is 15.8. The van der Waals surface area contributed by atoms with Crippen LogP contribution in [-0.2, 0) is 0 Å². The van der Waals surface area contributed by atoms with E-state index >= 15 is 0 Å². The van der Waals surface area contributed by atoms with Gasteiger partial charge in [0.05, 0.1) is 17.6 Å². The molecule has 1 saturated heterocycles. The Kier molecular flexibility index (Phi) is 4.74. The molecule has 2 rings (SSSR count). The Morgan fingerprint density at radius 1 is 1.48 bits per heavy atom. The molecule has 1 N–H and O–H groups in total. The van der Waals surface area contributed by atoms with Crippen molar-refractivity contribution in [3.8, 4) is 5.75 Å². The number of aliphatic hydroxyl groups excluding tert-OH is 1. The number of rotatable bonds is 4. The van der Waals surface area contributed by atoms with Crippen molar-refractivity contribution in [3.05, 3.63) is 33.9 Å². The van der Waals surface area contributed by atoms with Crippen LogP contribution in [0.3, 0.4) is 0 Å². The first kappa shape index (κ1) is 15.2. The summed E-state index contributed by atoms with van der Waals surface area (Å²) >= 11 is 0. The number of carbonyl (C=O) groups excluding carboxylic acids is 1. The molecule has 1 aromatic carbocycles. The van der Waals surface area contributed by atoms with Crippen LogP contribution >= 0.6 is 0 Å². The van der Waals surface area contributed by atoms with Gasteiger partial charge in [0.15, 0.2) is 5.75 Å². The van der Waals surface area contributed by atoms with Gasteiger partial charge in [0.1, 0.15) is 0 Å². The van der Waals surface area contributed by atoms with E-state index in [1.807, 2.05) is 0 Å². The first-order valence-electron chi connectivity index (χ1n) is 6.91. The molecule has 0 atom stereocenters. The molecular weight excluding hydrogens is 276 g/mol. The van der Waals surface area contributed by atoms with Crippen molar-refractivity contribution in [2.75, 3.05) is 19.7 Å². The molecular formula is C14H18N2O5. The third-order valence-electron chi connectivity index (χ3n) is 3.45. The number of nitro groups is 1. The molecule has 0 aliphatic carbocycles. The predicted octanol–water partition coefficient (Wildman–Crippen LogP) is 1.59. The molecule has 0 spiro atoms. The second-order valence-corrected chi connectivity index (χ2v) is 4.90. The average molecular weight is 294 g/mol. The predicted molar refractivity (Wildman–Crippen MR) is 75.4 cm³/mol. The molecule has 0 unspecified atom stereocenters. The lowest BCUT2D eigenvalue weighted by Crippen LogP contribution is -2.40. The number of amides is 1. The van der Waals surface area contributed by atoms with Gasteiger partial charge >= 0.3 is 5.69 Å². The maximum atomic E-state index is 12.3. The Labute approximate surface area is 122 Å². The van der Waals surface area contributed by atoms with Crippen molar-refractivity contribution in [1.82, 2.24) is 4.90 Å². The second-order valence-electron chi connectivity index (χ2n) is 4.90. The van der Waals surface area contributed by atoms with Gasteiger partial charge in [-0.2, -0.15) is 0 Å². The third-order valence-corrected chi connectivity index (χ3v) is 3.45. The monoisotopic (exact) mass is 294 g/mol. The fourth-order valence-corrected chi connectivity index (χ4v) is 2.32. The lowest BCUT2D eigenvalue weighted by molar-refractivity contribution is -0.385. The Morgan fingerprint density at radius 3 is 2.71 bits per heavy atom. The minimum absolute atomic E-state index is 0.160. The van der Waals surface area contributed by atoms with Crippen molar-refractivity contribution in [3.63, 3.8) is 0 Å². The molecule has 0 saturated carbocycles. The lowest BCUT2D eigenvalue weighted by Gasteiger charge is -2.29. The van der Waals surface area contributed by atoms with Crippen molar-refractivity contribution in [2.45, 2.75) is 25.9 Å².